The maximum atomic E-state index is 14.1. The van der Waals surface area contributed by atoms with Crippen molar-refractivity contribution < 1.29 is 115 Å². The van der Waals surface area contributed by atoms with Gasteiger partial charge in [-0.2, -0.15) is 57.1 Å². The van der Waals surface area contributed by atoms with Gasteiger partial charge in [-0.15, -0.1) is 0 Å². The lowest BCUT2D eigenvalue weighted by Crippen LogP contribution is -2.70. The quantitative estimate of drug-likeness (QED) is 0.0343. The van der Waals surface area contributed by atoms with Gasteiger partial charge in [0.25, 0.3) is 0 Å². The lowest BCUT2D eigenvalue weighted by atomic mass is 9.86. The molecule has 0 aromatic carbocycles. The van der Waals surface area contributed by atoms with Crippen molar-refractivity contribution in [2.75, 3.05) is 85.9 Å². The highest BCUT2D eigenvalue weighted by Crippen LogP contribution is 2.60. The van der Waals surface area contributed by atoms with Crippen LogP contribution in [0.3, 0.4) is 0 Å². The smallest absolute Gasteiger partial charge is 0.460 e. The molecule has 0 spiro atoms. The molecule has 0 saturated heterocycles. The monoisotopic (exact) mass is 1040 g/mol. The first-order valence-corrected chi connectivity index (χ1v) is 19.8. The number of esters is 2. The normalized spacial score (nSPS) is 13.4. The Morgan fingerprint density at radius 3 is 1.12 bits per heavy atom. The van der Waals surface area contributed by atoms with E-state index >= 15 is 0 Å². The van der Waals surface area contributed by atoms with Gasteiger partial charge in [-0.25, -0.2) is 0 Å². The number of ether oxygens (including phenoxy) is 7. The van der Waals surface area contributed by atoms with E-state index in [-0.39, 0.29) is 77.2 Å². The molecule has 0 amide bonds. The number of hydrogen-bond donors (Lipinski definition) is 2. The molecule has 0 aromatic heterocycles. The van der Waals surface area contributed by atoms with E-state index in [1.165, 1.54) is 13.8 Å². The summed E-state index contributed by atoms with van der Waals surface area (Å²) in [4.78, 5) is 36.9. The molecule has 0 aliphatic rings. The van der Waals surface area contributed by atoms with E-state index < -0.39 is 97.3 Å². The van der Waals surface area contributed by atoms with Crippen molar-refractivity contribution in [1.29, 1.82) is 0 Å². The SMILES string of the molecule is C.C.C.C.C.C.CCC(CC(CC(C)C(=O)O)C(=O)OCCCOCCCOCCCOCCCOCCCOCCCO)C(=O)OCCC(F)(F)C(F)(F)C(F)(F)C(F)(F)C(F)(F)C(F)(F)F. The number of aliphatic hydroxyl groups is 1. The molecule has 0 aliphatic carbocycles. The van der Waals surface area contributed by atoms with Crippen LogP contribution in [0.25, 0.3) is 0 Å². The average molecular weight is 1040 g/mol. The fourth-order valence-corrected chi connectivity index (χ4v) is 5.13. The van der Waals surface area contributed by atoms with Crippen LogP contribution in [0.15, 0.2) is 0 Å². The minimum atomic E-state index is -8.07. The lowest BCUT2D eigenvalue weighted by molar-refractivity contribution is -0.440. The topological polar surface area (TPSA) is 156 Å². The number of aliphatic hydroxyl groups excluding tert-OH is 1. The molecule has 0 saturated carbocycles. The Hall–Kier alpha value is -2.74. The summed E-state index contributed by atoms with van der Waals surface area (Å²) in [6, 6.07) is 0. The molecule has 0 radical (unpaired) electrons. The molecule has 12 nitrogen and oxygen atoms in total. The number of aliphatic carboxylic acids is 1. The van der Waals surface area contributed by atoms with Crippen LogP contribution in [0.5, 0.6) is 0 Å². The molecule has 25 heteroatoms. The van der Waals surface area contributed by atoms with Gasteiger partial charge in [0.2, 0.25) is 0 Å². The summed E-state index contributed by atoms with van der Waals surface area (Å²) in [6.07, 6.45) is -8.08. The maximum Gasteiger partial charge on any atom is 0.460 e. The molecule has 0 fully saturated rings. The van der Waals surface area contributed by atoms with E-state index in [0.29, 0.717) is 78.7 Å². The Morgan fingerprint density at radius 2 is 0.779 bits per heavy atom. The van der Waals surface area contributed by atoms with Gasteiger partial charge >= 0.3 is 53.7 Å². The molecular formula is C43H81F13O12. The average Bonchev–Trinajstić information content (AvgIpc) is 3.18. The number of carbonyl (C=O) groups is 3. The maximum absolute atomic E-state index is 14.1. The van der Waals surface area contributed by atoms with Crippen LogP contribution in [0, 0.1) is 17.8 Å². The molecule has 68 heavy (non-hydrogen) atoms. The summed E-state index contributed by atoms with van der Waals surface area (Å²) < 4.78 is 211. The highest BCUT2D eigenvalue weighted by Gasteiger charge is 2.90. The number of rotatable bonds is 38. The molecular weight excluding hydrogens is 955 g/mol. The fraction of sp³-hybridized carbons (Fsp3) is 0.930. The van der Waals surface area contributed by atoms with E-state index in [0.717, 1.165) is 12.8 Å². The predicted molar refractivity (Wildman–Crippen MR) is 230 cm³/mol. The van der Waals surface area contributed by atoms with Crippen LogP contribution >= 0.6 is 0 Å². The van der Waals surface area contributed by atoms with Gasteiger partial charge in [-0.1, -0.05) is 58.4 Å². The highest BCUT2D eigenvalue weighted by molar-refractivity contribution is 5.77. The molecule has 0 rings (SSSR count). The minimum Gasteiger partial charge on any atom is -0.481 e. The minimum absolute atomic E-state index is 0. The molecule has 0 bridgehead atoms. The first kappa shape index (κ1) is 79.4. The Bertz CT molecular complexity index is 1260. The Morgan fingerprint density at radius 1 is 0.456 bits per heavy atom. The third-order valence-electron chi connectivity index (χ3n) is 8.88. The zero-order chi connectivity index (χ0) is 47.7. The van der Waals surface area contributed by atoms with E-state index in [4.69, 9.17) is 33.5 Å². The van der Waals surface area contributed by atoms with E-state index in [9.17, 15) is 76.6 Å². The van der Waals surface area contributed by atoms with Gasteiger partial charge in [0.1, 0.15) is 0 Å². The van der Waals surface area contributed by atoms with Gasteiger partial charge < -0.3 is 43.4 Å². The Kier molecular flexibility index (Phi) is 45.5. The van der Waals surface area contributed by atoms with E-state index in [2.05, 4.69) is 4.74 Å². The van der Waals surface area contributed by atoms with E-state index in [1.54, 1.807) is 0 Å². The third kappa shape index (κ3) is 26.5. The molecule has 416 valence electrons. The summed E-state index contributed by atoms with van der Waals surface area (Å²) >= 11 is 0. The highest BCUT2D eigenvalue weighted by atomic mass is 19.4. The molecule has 0 heterocycles. The first-order chi connectivity index (χ1) is 28.8. The summed E-state index contributed by atoms with van der Waals surface area (Å²) in [7, 11) is 0. The van der Waals surface area contributed by atoms with Crippen LogP contribution in [0.2, 0.25) is 0 Å². The Labute approximate surface area is 394 Å². The summed E-state index contributed by atoms with van der Waals surface area (Å²) in [5, 5.41) is 18.0. The molecule has 3 unspecified atom stereocenters. The summed E-state index contributed by atoms with van der Waals surface area (Å²) in [5.41, 5.74) is 0. The standard InChI is InChI=1S/C37H57F13O12.6CH4/c1-3-27(30(54)62-23-10-32(38,39)33(40,41)34(42,43)35(44,45)36(46,47)37(48,49)50)25-28(24-26(2)29(52)53)31(55)61-22-9-21-60-20-8-19-59-18-7-17-58-16-6-15-57-14-5-13-56-12-4-11-51;;;;;;/h26-28,51H,3-25H2,1-2H3,(H,52,53);6*1H4. The second-order valence-electron chi connectivity index (χ2n) is 14.0. The van der Waals surface area contributed by atoms with Crippen molar-refractivity contribution in [1.82, 2.24) is 0 Å². The lowest BCUT2D eigenvalue weighted by Gasteiger charge is -2.39. The van der Waals surface area contributed by atoms with E-state index in [1.807, 2.05) is 0 Å². The summed E-state index contributed by atoms with van der Waals surface area (Å²) in [6.45, 7) is 4.95. The van der Waals surface area contributed by atoms with Gasteiger partial charge in [0.05, 0.1) is 37.4 Å². The van der Waals surface area contributed by atoms with Gasteiger partial charge in [0, 0.05) is 79.1 Å². The van der Waals surface area contributed by atoms with Crippen molar-refractivity contribution >= 4 is 17.9 Å². The number of halogens is 13. The second kappa shape index (κ2) is 38.9. The number of hydrogen-bond acceptors (Lipinski definition) is 11. The molecule has 3 atom stereocenters. The van der Waals surface area contributed by atoms with Crippen molar-refractivity contribution in [2.45, 2.75) is 158 Å². The zero-order valence-electron chi connectivity index (χ0n) is 34.4. The van der Waals surface area contributed by atoms with Gasteiger partial charge in [0.15, 0.2) is 0 Å². The van der Waals surface area contributed by atoms with Crippen LogP contribution in [0.4, 0.5) is 57.1 Å². The Balaban J connectivity index is -0.00000124. The largest absolute Gasteiger partial charge is 0.481 e. The van der Waals surface area contributed by atoms with Crippen molar-refractivity contribution in [3.8, 4) is 0 Å². The second-order valence-corrected chi connectivity index (χ2v) is 14.0. The zero-order valence-corrected chi connectivity index (χ0v) is 34.4. The number of carboxylic acid groups (broad SMARTS) is 1. The van der Waals surface area contributed by atoms with Gasteiger partial charge in [-0.05, 0) is 51.4 Å². The van der Waals surface area contributed by atoms with Gasteiger partial charge in [-0.3, -0.25) is 14.4 Å². The van der Waals surface area contributed by atoms with Crippen LogP contribution in [0.1, 0.15) is 123 Å². The van der Waals surface area contributed by atoms with Crippen LogP contribution in [-0.2, 0) is 47.5 Å². The summed E-state index contributed by atoms with van der Waals surface area (Å²) in [5.74, 6) is -45.9. The molecule has 0 aromatic rings. The number of alkyl halides is 13. The third-order valence-corrected chi connectivity index (χ3v) is 8.88. The van der Waals surface area contributed by atoms with Crippen LogP contribution < -0.4 is 0 Å². The fourth-order valence-electron chi connectivity index (χ4n) is 5.13. The predicted octanol–water partition coefficient (Wildman–Crippen LogP) is 11.6. The van der Waals surface area contributed by atoms with Crippen molar-refractivity contribution in [3.63, 3.8) is 0 Å². The number of carbonyl (C=O) groups excluding carboxylic acids is 2. The van der Waals surface area contributed by atoms with Crippen LogP contribution in [-0.4, -0.2) is 150 Å². The molecule has 2 N–H and O–H groups in total. The number of carboxylic acids is 1. The van der Waals surface area contributed by atoms with Crippen molar-refractivity contribution in [2.24, 2.45) is 17.8 Å². The molecule has 0 aliphatic heterocycles. The first-order valence-electron chi connectivity index (χ1n) is 19.8. The van der Waals surface area contributed by atoms with Crippen molar-refractivity contribution in [3.05, 3.63) is 0 Å².